The molecule has 2 N–H and O–H groups in total. The SMILES string of the molecule is C=CCOS(=O)(=O)OC(=O)C(O)CO.CCOCC. The Kier molecular flexibility index (Phi) is 12.9. The van der Waals surface area contributed by atoms with E-state index in [1.54, 1.807) is 0 Å². The van der Waals surface area contributed by atoms with E-state index in [9.17, 15) is 13.2 Å². The van der Waals surface area contributed by atoms with Gasteiger partial charge in [-0.15, -0.1) is 6.58 Å². The van der Waals surface area contributed by atoms with Crippen LogP contribution in [0.2, 0.25) is 0 Å². The quantitative estimate of drug-likeness (QED) is 0.569. The molecule has 114 valence electrons. The second-order valence-electron chi connectivity index (χ2n) is 2.86. The zero-order chi connectivity index (χ0) is 15.3. The number of aliphatic hydroxyl groups is 2. The van der Waals surface area contributed by atoms with Crippen LogP contribution in [0.25, 0.3) is 0 Å². The van der Waals surface area contributed by atoms with Gasteiger partial charge in [-0.05, 0) is 13.8 Å². The molecule has 0 aromatic carbocycles. The molecular weight excluding hydrogens is 280 g/mol. The van der Waals surface area contributed by atoms with Gasteiger partial charge in [0.15, 0.2) is 6.10 Å². The summed E-state index contributed by atoms with van der Waals surface area (Å²) in [5.41, 5.74) is 0. The van der Waals surface area contributed by atoms with E-state index >= 15 is 0 Å². The van der Waals surface area contributed by atoms with Crippen molar-refractivity contribution in [2.75, 3.05) is 26.4 Å². The summed E-state index contributed by atoms with van der Waals surface area (Å²) in [5.74, 6) is -1.50. The van der Waals surface area contributed by atoms with E-state index in [2.05, 4.69) is 14.9 Å². The van der Waals surface area contributed by atoms with Gasteiger partial charge in [0.05, 0.1) is 13.2 Å². The van der Waals surface area contributed by atoms with Gasteiger partial charge in [-0.3, -0.25) is 0 Å². The lowest BCUT2D eigenvalue weighted by Crippen LogP contribution is -2.29. The fourth-order valence-corrected chi connectivity index (χ4v) is 1.21. The van der Waals surface area contributed by atoms with Crippen LogP contribution in [-0.4, -0.2) is 57.1 Å². The second kappa shape index (κ2) is 12.1. The summed E-state index contributed by atoms with van der Waals surface area (Å²) in [5, 5.41) is 16.9. The Morgan fingerprint density at radius 1 is 1.37 bits per heavy atom. The molecule has 0 saturated carbocycles. The van der Waals surface area contributed by atoms with E-state index in [0.717, 1.165) is 19.3 Å². The largest absolute Gasteiger partial charge is 0.451 e. The van der Waals surface area contributed by atoms with Crippen LogP contribution in [0, 0.1) is 0 Å². The fourth-order valence-electron chi connectivity index (χ4n) is 0.590. The molecule has 0 aliphatic heterocycles. The molecule has 0 aliphatic carbocycles. The molecule has 1 atom stereocenters. The highest BCUT2D eigenvalue weighted by molar-refractivity contribution is 7.82. The highest BCUT2D eigenvalue weighted by atomic mass is 32.3. The molecule has 0 fully saturated rings. The number of hydrogen-bond acceptors (Lipinski definition) is 8. The molecule has 0 saturated heterocycles. The molecule has 0 bridgehead atoms. The molecule has 0 heterocycles. The van der Waals surface area contributed by atoms with Crippen molar-refractivity contribution >= 4 is 16.4 Å². The summed E-state index contributed by atoms with van der Waals surface area (Å²) in [6.45, 7) is 7.55. The van der Waals surface area contributed by atoms with E-state index in [1.807, 2.05) is 13.8 Å². The molecule has 0 aliphatic rings. The van der Waals surface area contributed by atoms with Gasteiger partial charge < -0.3 is 19.1 Å². The van der Waals surface area contributed by atoms with Gasteiger partial charge in [-0.2, -0.15) is 8.42 Å². The highest BCUT2D eigenvalue weighted by Gasteiger charge is 2.23. The van der Waals surface area contributed by atoms with E-state index < -0.39 is 29.1 Å². The molecule has 19 heavy (non-hydrogen) atoms. The van der Waals surface area contributed by atoms with Crippen molar-refractivity contribution in [1.82, 2.24) is 0 Å². The maximum Gasteiger partial charge on any atom is 0.451 e. The molecule has 1 unspecified atom stereocenters. The minimum Gasteiger partial charge on any atom is -0.393 e. The predicted molar refractivity (Wildman–Crippen MR) is 66.4 cm³/mol. The minimum absolute atomic E-state index is 0.356. The van der Waals surface area contributed by atoms with Crippen LogP contribution < -0.4 is 0 Å². The number of rotatable bonds is 8. The van der Waals surface area contributed by atoms with Crippen LogP contribution in [0.5, 0.6) is 0 Å². The van der Waals surface area contributed by atoms with Crippen molar-refractivity contribution in [1.29, 1.82) is 0 Å². The normalized spacial score (nSPS) is 12.0. The summed E-state index contributed by atoms with van der Waals surface area (Å²) < 4.78 is 34.1. The lowest BCUT2D eigenvalue weighted by Gasteiger charge is -2.06. The zero-order valence-corrected chi connectivity index (χ0v) is 11.8. The van der Waals surface area contributed by atoms with Crippen LogP contribution in [0.4, 0.5) is 0 Å². The van der Waals surface area contributed by atoms with Gasteiger partial charge >= 0.3 is 16.4 Å². The van der Waals surface area contributed by atoms with E-state index in [4.69, 9.17) is 14.9 Å². The summed E-state index contributed by atoms with van der Waals surface area (Å²) in [4.78, 5) is 10.6. The average Bonchev–Trinajstić information content (AvgIpc) is 2.36. The Morgan fingerprint density at radius 2 is 1.89 bits per heavy atom. The molecule has 0 radical (unpaired) electrons. The lowest BCUT2D eigenvalue weighted by molar-refractivity contribution is -0.145. The number of carbonyl (C=O) groups excluding carboxylic acids is 1. The zero-order valence-electron chi connectivity index (χ0n) is 10.9. The van der Waals surface area contributed by atoms with Gasteiger partial charge in [0, 0.05) is 13.2 Å². The topological polar surface area (TPSA) is 119 Å². The van der Waals surface area contributed by atoms with Crippen LogP contribution in [0.3, 0.4) is 0 Å². The first-order valence-corrected chi connectivity index (χ1v) is 6.78. The van der Waals surface area contributed by atoms with Crippen LogP contribution in [0.15, 0.2) is 12.7 Å². The Bertz CT molecular complexity index is 335. The molecule has 0 aromatic rings. The first kappa shape index (κ1) is 20.3. The number of ether oxygens (including phenoxy) is 1. The predicted octanol–water partition coefficient (Wildman–Crippen LogP) is -0.627. The summed E-state index contributed by atoms with van der Waals surface area (Å²) in [6.07, 6.45) is -0.773. The first-order valence-electron chi connectivity index (χ1n) is 5.44. The Morgan fingerprint density at radius 3 is 2.21 bits per heavy atom. The minimum atomic E-state index is -4.49. The Hall–Kier alpha value is -1.00. The number of hydrogen-bond donors (Lipinski definition) is 2. The Labute approximate surface area is 112 Å². The smallest absolute Gasteiger partial charge is 0.393 e. The molecule has 9 heteroatoms. The molecule has 0 aromatic heterocycles. The Balaban J connectivity index is 0. The molecule has 0 spiro atoms. The van der Waals surface area contributed by atoms with E-state index in [-0.39, 0.29) is 6.61 Å². The van der Waals surface area contributed by atoms with Crippen LogP contribution in [0.1, 0.15) is 13.8 Å². The summed E-state index contributed by atoms with van der Waals surface area (Å²) in [7, 11) is -4.49. The fraction of sp³-hybridized carbons (Fsp3) is 0.700. The van der Waals surface area contributed by atoms with Gasteiger partial charge in [-0.25, -0.2) is 8.98 Å². The standard InChI is InChI=1S/C6H10O7S.C4H10O/c1-2-3-12-14(10,11)13-6(9)5(8)4-7;1-3-5-4-2/h2,5,7-8H,1,3-4H2;3-4H2,1-2H3. The molecular formula is C10H20O8S. The molecule has 0 rings (SSSR count). The second-order valence-corrected chi connectivity index (χ2v) is 4.08. The average molecular weight is 300 g/mol. The van der Waals surface area contributed by atoms with Gasteiger partial charge in [0.2, 0.25) is 0 Å². The van der Waals surface area contributed by atoms with Crippen molar-refractivity contribution in [3.63, 3.8) is 0 Å². The van der Waals surface area contributed by atoms with Gasteiger partial charge in [-0.1, -0.05) is 6.08 Å². The summed E-state index contributed by atoms with van der Waals surface area (Å²) >= 11 is 0. The lowest BCUT2D eigenvalue weighted by atomic mass is 10.4. The van der Waals surface area contributed by atoms with E-state index in [0.29, 0.717) is 0 Å². The maximum atomic E-state index is 10.7. The molecule has 0 amide bonds. The van der Waals surface area contributed by atoms with Gasteiger partial charge in [0.25, 0.3) is 0 Å². The van der Waals surface area contributed by atoms with Gasteiger partial charge in [0.1, 0.15) is 0 Å². The third kappa shape index (κ3) is 13.2. The van der Waals surface area contributed by atoms with Crippen molar-refractivity contribution in [2.45, 2.75) is 20.0 Å². The number of aliphatic hydroxyl groups excluding tert-OH is 2. The molecule has 8 nitrogen and oxygen atoms in total. The van der Waals surface area contributed by atoms with Crippen LogP contribution >= 0.6 is 0 Å². The highest BCUT2D eigenvalue weighted by Crippen LogP contribution is 1.99. The third-order valence-corrected chi connectivity index (χ3v) is 2.16. The van der Waals surface area contributed by atoms with Crippen molar-refractivity contribution in [2.24, 2.45) is 0 Å². The van der Waals surface area contributed by atoms with E-state index in [1.165, 1.54) is 0 Å². The third-order valence-electron chi connectivity index (χ3n) is 1.37. The first-order chi connectivity index (χ1) is 8.84. The summed E-state index contributed by atoms with van der Waals surface area (Å²) in [6, 6.07) is 0. The number of carbonyl (C=O) groups is 1. The van der Waals surface area contributed by atoms with Crippen molar-refractivity contribution < 1.29 is 36.5 Å². The van der Waals surface area contributed by atoms with Crippen molar-refractivity contribution in [3.8, 4) is 0 Å². The van der Waals surface area contributed by atoms with Crippen LogP contribution in [-0.2, 0) is 28.3 Å². The maximum absolute atomic E-state index is 10.7. The van der Waals surface area contributed by atoms with Crippen molar-refractivity contribution in [3.05, 3.63) is 12.7 Å². The monoisotopic (exact) mass is 300 g/mol.